The second kappa shape index (κ2) is 74.9. The molecule has 0 aliphatic rings. The molecule has 0 aromatic rings. The predicted molar refractivity (Wildman–Crippen MR) is 414 cm³/mol. The number of hydrogen-bond donors (Lipinski definition) is 3. The number of phosphoric acid groups is 2. The van der Waals surface area contributed by atoms with Crippen LogP contribution in [0.15, 0.2) is 0 Å². The maximum absolute atomic E-state index is 13.1. The van der Waals surface area contributed by atoms with E-state index < -0.39 is 97.5 Å². The smallest absolute Gasteiger partial charge is 0.462 e. The third-order valence-corrected chi connectivity index (χ3v) is 21.2. The Morgan fingerprint density at radius 2 is 0.455 bits per heavy atom. The molecule has 17 nitrogen and oxygen atoms in total. The Balaban J connectivity index is 5.23. The first-order chi connectivity index (χ1) is 49.0. The van der Waals surface area contributed by atoms with Crippen molar-refractivity contribution in [2.24, 2.45) is 5.92 Å². The average Bonchev–Trinajstić information content (AvgIpc) is 0.964. The van der Waals surface area contributed by atoms with E-state index in [-0.39, 0.29) is 25.7 Å². The van der Waals surface area contributed by atoms with Gasteiger partial charge in [0.05, 0.1) is 26.4 Å². The molecule has 0 heterocycles. The fourth-order valence-electron chi connectivity index (χ4n) is 12.8. The van der Waals surface area contributed by atoms with E-state index in [0.29, 0.717) is 31.6 Å². The zero-order chi connectivity index (χ0) is 74.1. The van der Waals surface area contributed by atoms with Crippen molar-refractivity contribution in [3.63, 3.8) is 0 Å². The van der Waals surface area contributed by atoms with E-state index in [1.54, 1.807) is 0 Å². The van der Waals surface area contributed by atoms with Crippen molar-refractivity contribution in [2.45, 2.75) is 457 Å². The van der Waals surface area contributed by atoms with Gasteiger partial charge in [-0.2, -0.15) is 0 Å². The van der Waals surface area contributed by atoms with Crippen molar-refractivity contribution in [2.75, 3.05) is 39.6 Å². The first-order valence-electron chi connectivity index (χ1n) is 42.6. The van der Waals surface area contributed by atoms with Gasteiger partial charge in [0.25, 0.3) is 0 Å². The highest BCUT2D eigenvalue weighted by Gasteiger charge is 2.30. The molecule has 0 aromatic heterocycles. The summed E-state index contributed by atoms with van der Waals surface area (Å²) < 4.78 is 68.8. The number of carbonyl (C=O) groups excluding carboxylic acids is 4. The quantitative estimate of drug-likeness (QED) is 0.0222. The van der Waals surface area contributed by atoms with Crippen LogP contribution < -0.4 is 0 Å². The molecule has 2 unspecified atom stereocenters. The molecule has 0 aliphatic carbocycles. The molecule has 0 radical (unpaired) electrons. The molecule has 0 saturated carbocycles. The minimum atomic E-state index is -4.96. The first kappa shape index (κ1) is 99.1. The summed E-state index contributed by atoms with van der Waals surface area (Å²) in [5, 5.41) is 10.6. The van der Waals surface area contributed by atoms with Gasteiger partial charge in [-0.05, 0) is 31.6 Å². The van der Waals surface area contributed by atoms with Gasteiger partial charge in [-0.15, -0.1) is 0 Å². The highest BCUT2D eigenvalue weighted by molar-refractivity contribution is 7.47. The minimum Gasteiger partial charge on any atom is -0.462 e. The maximum Gasteiger partial charge on any atom is 0.472 e. The molecular weight excluding hydrogens is 1320 g/mol. The van der Waals surface area contributed by atoms with Crippen LogP contribution in [-0.4, -0.2) is 96.7 Å². The van der Waals surface area contributed by atoms with Crippen LogP contribution in [0.1, 0.15) is 439 Å². The van der Waals surface area contributed by atoms with E-state index in [2.05, 4.69) is 34.6 Å². The molecule has 0 bridgehead atoms. The van der Waals surface area contributed by atoms with Crippen LogP contribution in [-0.2, 0) is 65.4 Å². The number of esters is 4. The van der Waals surface area contributed by atoms with Gasteiger partial charge in [0.2, 0.25) is 0 Å². The van der Waals surface area contributed by atoms with Gasteiger partial charge in [0.1, 0.15) is 19.3 Å². The van der Waals surface area contributed by atoms with Crippen LogP contribution >= 0.6 is 15.6 Å². The summed E-state index contributed by atoms with van der Waals surface area (Å²) in [5.41, 5.74) is 0. The van der Waals surface area contributed by atoms with Crippen LogP contribution in [0.3, 0.4) is 0 Å². The number of aliphatic hydroxyl groups is 1. The molecule has 600 valence electrons. The fraction of sp³-hybridized carbons (Fsp3) is 0.951. The van der Waals surface area contributed by atoms with E-state index >= 15 is 0 Å². The third-order valence-electron chi connectivity index (χ3n) is 19.3. The lowest BCUT2D eigenvalue weighted by Crippen LogP contribution is -2.30. The number of unbranched alkanes of at least 4 members (excludes halogenated alkanes) is 54. The summed E-state index contributed by atoms with van der Waals surface area (Å²) >= 11 is 0. The fourth-order valence-corrected chi connectivity index (χ4v) is 14.3. The lowest BCUT2D eigenvalue weighted by atomic mass is 10.0. The first-order valence-corrected chi connectivity index (χ1v) is 45.6. The maximum atomic E-state index is 13.1. The number of ether oxygens (including phenoxy) is 4. The Hall–Kier alpha value is -1.94. The van der Waals surface area contributed by atoms with Crippen molar-refractivity contribution in [1.29, 1.82) is 0 Å². The number of rotatable bonds is 82. The summed E-state index contributed by atoms with van der Waals surface area (Å²) in [7, 11) is -9.92. The summed E-state index contributed by atoms with van der Waals surface area (Å²) in [6, 6.07) is 0. The molecule has 3 N–H and O–H groups in total. The summed E-state index contributed by atoms with van der Waals surface area (Å²) in [4.78, 5) is 73.1. The van der Waals surface area contributed by atoms with E-state index in [1.165, 1.54) is 257 Å². The molecular formula is C82H160O17P2. The van der Waals surface area contributed by atoms with Gasteiger partial charge in [0, 0.05) is 25.7 Å². The molecule has 0 amide bonds. The molecule has 101 heavy (non-hydrogen) atoms. The molecule has 0 saturated heterocycles. The van der Waals surface area contributed by atoms with Gasteiger partial charge >= 0.3 is 39.5 Å². The molecule has 5 atom stereocenters. The Morgan fingerprint density at radius 1 is 0.267 bits per heavy atom. The zero-order valence-electron chi connectivity index (χ0n) is 66.1. The van der Waals surface area contributed by atoms with Crippen molar-refractivity contribution in [3.05, 3.63) is 0 Å². The van der Waals surface area contributed by atoms with Gasteiger partial charge in [-0.25, -0.2) is 9.13 Å². The Morgan fingerprint density at radius 3 is 0.673 bits per heavy atom. The van der Waals surface area contributed by atoms with Crippen LogP contribution in [0.25, 0.3) is 0 Å². The third kappa shape index (κ3) is 76.1. The SMILES string of the molecule is CCCCCCCCCCCCCCCCCCCCCC(=O)O[C@H](COC(=O)CCCCCCCCCCCCCCCCCCC)COP(=O)(O)OC[C@@H](O)COP(=O)(O)OC[C@@H](COC(=O)CCCCCCCCCC(C)C)OC(=O)CCCCCCCCCCCCCCCCC. The second-order valence-corrected chi connectivity index (χ2v) is 32.9. The van der Waals surface area contributed by atoms with Gasteiger partial charge < -0.3 is 33.8 Å². The Kier molecular flexibility index (Phi) is 73.5. The van der Waals surface area contributed by atoms with Crippen LogP contribution in [0.2, 0.25) is 0 Å². The Labute approximate surface area is 619 Å². The predicted octanol–water partition coefficient (Wildman–Crippen LogP) is 24.8. The summed E-state index contributed by atoms with van der Waals surface area (Å²) in [6.45, 7) is 7.29. The number of phosphoric ester groups is 2. The largest absolute Gasteiger partial charge is 0.472 e. The average molecular weight is 1480 g/mol. The van der Waals surface area contributed by atoms with E-state index in [9.17, 15) is 43.2 Å². The van der Waals surface area contributed by atoms with Gasteiger partial charge in [-0.1, -0.05) is 388 Å². The van der Waals surface area contributed by atoms with Crippen LogP contribution in [0.5, 0.6) is 0 Å². The standard InChI is InChI=1S/C82H160O17P2/c1-6-9-12-15-18-21-24-27-30-32-33-35-38-41-44-47-52-58-63-68-81(86)98-77(71-92-79(84)65-60-55-50-45-42-39-37-34-31-28-25-22-19-16-13-10-7-2)73-96-100(88,89)94-69-76(83)70-95-101(90,91)97-74-78(72-93-80(85)66-61-56-53-48-49-54-59-64-75(4)5)99-82(87)67-62-57-51-46-43-40-36-29-26-23-20-17-14-11-8-3/h75-78,83H,6-74H2,1-5H3,(H,88,89)(H,90,91)/t76-,77-,78-/m1/s1. The van der Waals surface area contributed by atoms with E-state index in [4.69, 9.17) is 37.0 Å². The highest BCUT2D eigenvalue weighted by atomic mass is 31.2. The Bertz CT molecular complexity index is 1930. The summed E-state index contributed by atoms with van der Waals surface area (Å²) in [6.07, 6.45) is 66.7. The minimum absolute atomic E-state index is 0.108. The molecule has 0 aromatic carbocycles. The van der Waals surface area contributed by atoms with E-state index in [0.717, 1.165) is 96.3 Å². The van der Waals surface area contributed by atoms with Gasteiger partial charge in [0.15, 0.2) is 12.2 Å². The topological polar surface area (TPSA) is 237 Å². The lowest BCUT2D eigenvalue weighted by Gasteiger charge is -2.21. The molecule has 0 spiro atoms. The molecule has 0 fully saturated rings. The molecule has 0 rings (SSSR count). The number of hydrogen-bond acceptors (Lipinski definition) is 15. The van der Waals surface area contributed by atoms with Gasteiger partial charge in [-0.3, -0.25) is 37.3 Å². The van der Waals surface area contributed by atoms with E-state index in [1.807, 2.05) is 0 Å². The molecule has 0 aliphatic heterocycles. The monoisotopic (exact) mass is 1480 g/mol. The number of carbonyl (C=O) groups is 4. The van der Waals surface area contributed by atoms with Crippen LogP contribution in [0, 0.1) is 5.92 Å². The van der Waals surface area contributed by atoms with Crippen LogP contribution in [0.4, 0.5) is 0 Å². The highest BCUT2D eigenvalue weighted by Crippen LogP contribution is 2.45. The zero-order valence-corrected chi connectivity index (χ0v) is 67.8. The van der Waals surface area contributed by atoms with Crippen molar-refractivity contribution in [1.82, 2.24) is 0 Å². The summed E-state index contributed by atoms with van der Waals surface area (Å²) in [5.74, 6) is -1.40. The number of aliphatic hydroxyl groups excluding tert-OH is 1. The van der Waals surface area contributed by atoms with Crippen molar-refractivity contribution >= 4 is 39.5 Å². The lowest BCUT2D eigenvalue weighted by molar-refractivity contribution is -0.161. The van der Waals surface area contributed by atoms with Crippen molar-refractivity contribution in [3.8, 4) is 0 Å². The second-order valence-electron chi connectivity index (χ2n) is 30.0. The molecule has 19 heteroatoms. The normalized spacial score (nSPS) is 13.8. The van der Waals surface area contributed by atoms with Crippen molar-refractivity contribution < 1.29 is 80.2 Å².